The minimum atomic E-state index is -0.550. The molecule has 3 heterocycles. The van der Waals surface area contributed by atoms with Crippen LogP contribution in [0.2, 0.25) is 0 Å². The van der Waals surface area contributed by atoms with Crippen molar-refractivity contribution in [3.05, 3.63) is 72.6 Å². The highest BCUT2D eigenvalue weighted by Crippen LogP contribution is 2.27. The second kappa shape index (κ2) is 6.97. The summed E-state index contributed by atoms with van der Waals surface area (Å²) >= 11 is 0. The molecule has 0 aliphatic rings. The molecule has 0 spiro atoms. The van der Waals surface area contributed by atoms with Gasteiger partial charge in [-0.3, -0.25) is 9.55 Å². The van der Waals surface area contributed by atoms with Gasteiger partial charge in [-0.25, -0.2) is 23.7 Å². The van der Waals surface area contributed by atoms with Crippen LogP contribution >= 0.6 is 0 Å². The van der Waals surface area contributed by atoms with Crippen LogP contribution in [-0.2, 0) is 0 Å². The van der Waals surface area contributed by atoms with Crippen molar-refractivity contribution in [1.82, 2.24) is 24.5 Å². The standard InChI is InChI=1S/C19H12F2N8/c1-10(27-18-14(6-22)17(23)25-9-26-18)19-28-15-5-11(20)2-3-16(15)29(19)13-4-12(21)7-24-8-13/h2-5,7-9H,1H2,(H3,23,25,26,27). The Bertz CT molecular complexity index is 1310. The van der Waals surface area contributed by atoms with E-state index in [1.54, 1.807) is 4.57 Å². The van der Waals surface area contributed by atoms with Crippen LogP contribution in [0.4, 0.5) is 20.4 Å². The third-order valence-corrected chi connectivity index (χ3v) is 4.09. The maximum atomic E-state index is 13.8. The minimum Gasteiger partial charge on any atom is -0.382 e. The highest BCUT2D eigenvalue weighted by Gasteiger charge is 2.18. The first-order valence-corrected chi connectivity index (χ1v) is 8.23. The molecule has 8 nitrogen and oxygen atoms in total. The average molecular weight is 390 g/mol. The molecule has 0 aliphatic heterocycles. The predicted octanol–water partition coefficient (Wildman–Crippen LogP) is 3.03. The molecule has 0 saturated carbocycles. The Balaban J connectivity index is 1.87. The number of rotatable bonds is 4. The van der Waals surface area contributed by atoms with Gasteiger partial charge >= 0.3 is 0 Å². The number of hydrogen-bond acceptors (Lipinski definition) is 7. The minimum absolute atomic E-state index is 0.00250. The molecule has 142 valence electrons. The lowest BCUT2D eigenvalue weighted by Crippen LogP contribution is -2.09. The second-order valence-electron chi connectivity index (χ2n) is 5.96. The maximum Gasteiger partial charge on any atom is 0.161 e. The summed E-state index contributed by atoms with van der Waals surface area (Å²) in [5, 5.41) is 12.2. The monoisotopic (exact) mass is 390 g/mol. The van der Waals surface area contributed by atoms with E-state index in [0.717, 1.165) is 6.20 Å². The Kier molecular flexibility index (Phi) is 4.33. The number of fused-ring (bicyclic) bond motifs is 1. The lowest BCUT2D eigenvalue weighted by atomic mass is 10.3. The molecule has 0 aliphatic carbocycles. The molecule has 0 saturated heterocycles. The molecule has 4 rings (SSSR count). The van der Waals surface area contributed by atoms with Crippen molar-refractivity contribution in [1.29, 1.82) is 5.26 Å². The molecule has 0 fully saturated rings. The zero-order valence-electron chi connectivity index (χ0n) is 14.8. The highest BCUT2D eigenvalue weighted by atomic mass is 19.1. The van der Waals surface area contributed by atoms with Crippen molar-refractivity contribution >= 4 is 28.4 Å². The SMILES string of the molecule is C=C(Nc1ncnc(N)c1C#N)c1nc2cc(F)ccc2n1-c1cncc(F)c1. The molecule has 3 N–H and O–H groups in total. The molecule has 0 radical (unpaired) electrons. The molecule has 4 aromatic rings. The number of nitrogens with one attached hydrogen (secondary N) is 1. The Morgan fingerprint density at radius 3 is 2.76 bits per heavy atom. The topological polar surface area (TPSA) is 118 Å². The number of anilines is 2. The van der Waals surface area contributed by atoms with Gasteiger partial charge in [-0.15, -0.1) is 0 Å². The number of pyridine rings is 1. The van der Waals surface area contributed by atoms with Gasteiger partial charge in [0.05, 0.1) is 34.8 Å². The zero-order chi connectivity index (χ0) is 20.5. The van der Waals surface area contributed by atoms with Crippen molar-refractivity contribution < 1.29 is 8.78 Å². The van der Waals surface area contributed by atoms with E-state index in [0.29, 0.717) is 16.7 Å². The summed E-state index contributed by atoms with van der Waals surface area (Å²) in [5.74, 6) is -0.639. The van der Waals surface area contributed by atoms with Gasteiger partial charge in [-0.1, -0.05) is 6.58 Å². The number of halogens is 2. The summed E-state index contributed by atoms with van der Waals surface area (Å²) < 4.78 is 29.1. The predicted molar refractivity (Wildman–Crippen MR) is 103 cm³/mol. The quantitative estimate of drug-likeness (QED) is 0.550. The Morgan fingerprint density at radius 1 is 1.17 bits per heavy atom. The van der Waals surface area contributed by atoms with Crippen LogP contribution in [0.3, 0.4) is 0 Å². The summed E-state index contributed by atoms with van der Waals surface area (Å²) in [4.78, 5) is 16.0. The smallest absolute Gasteiger partial charge is 0.161 e. The van der Waals surface area contributed by atoms with Crippen molar-refractivity contribution in [2.75, 3.05) is 11.1 Å². The van der Waals surface area contributed by atoms with E-state index in [-0.39, 0.29) is 28.7 Å². The van der Waals surface area contributed by atoms with Crippen LogP contribution in [0.25, 0.3) is 22.4 Å². The van der Waals surface area contributed by atoms with Crippen LogP contribution < -0.4 is 11.1 Å². The highest BCUT2D eigenvalue weighted by molar-refractivity contribution is 5.85. The fourth-order valence-corrected chi connectivity index (χ4v) is 2.84. The number of aromatic nitrogens is 5. The van der Waals surface area contributed by atoms with Gasteiger partial charge in [0.25, 0.3) is 0 Å². The summed E-state index contributed by atoms with van der Waals surface area (Å²) in [6, 6.07) is 7.22. The van der Waals surface area contributed by atoms with Gasteiger partial charge in [0.15, 0.2) is 11.6 Å². The summed E-state index contributed by atoms with van der Waals surface area (Å²) in [6.07, 6.45) is 3.70. The zero-order valence-corrected chi connectivity index (χ0v) is 14.8. The Hall–Kier alpha value is -4.39. The van der Waals surface area contributed by atoms with Gasteiger partial charge in [0.2, 0.25) is 0 Å². The van der Waals surface area contributed by atoms with Crippen LogP contribution in [0.5, 0.6) is 0 Å². The number of hydrogen-bond donors (Lipinski definition) is 2. The second-order valence-corrected chi connectivity index (χ2v) is 5.96. The van der Waals surface area contributed by atoms with Gasteiger partial charge in [-0.05, 0) is 12.1 Å². The van der Waals surface area contributed by atoms with Crippen LogP contribution in [0.1, 0.15) is 11.4 Å². The number of nitrogens with zero attached hydrogens (tertiary/aromatic N) is 6. The first-order valence-electron chi connectivity index (χ1n) is 8.23. The fourth-order valence-electron chi connectivity index (χ4n) is 2.84. The average Bonchev–Trinajstić information content (AvgIpc) is 3.07. The normalized spacial score (nSPS) is 10.7. The van der Waals surface area contributed by atoms with E-state index in [1.807, 2.05) is 6.07 Å². The van der Waals surface area contributed by atoms with E-state index >= 15 is 0 Å². The lowest BCUT2D eigenvalue weighted by molar-refractivity contribution is 0.620. The number of benzene rings is 1. The van der Waals surface area contributed by atoms with Crippen molar-refractivity contribution in [2.24, 2.45) is 0 Å². The van der Waals surface area contributed by atoms with E-state index in [4.69, 9.17) is 5.73 Å². The van der Waals surface area contributed by atoms with E-state index < -0.39 is 11.6 Å². The molecular weight excluding hydrogens is 378 g/mol. The molecule has 10 heteroatoms. The summed E-state index contributed by atoms with van der Waals surface area (Å²) in [5.41, 5.74) is 7.17. The number of nitriles is 1. The van der Waals surface area contributed by atoms with E-state index in [1.165, 1.54) is 36.8 Å². The van der Waals surface area contributed by atoms with Crippen LogP contribution in [0, 0.1) is 23.0 Å². The fraction of sp³-hybridized carbons (Fsp3) is 0. The number of nitrogen functional groups attached to an aromatic ring is 1. The Labute approximate surface area is 163 Å². The number of imidazole rings is 1. The van der Waals surface area contributed by atoms with Crippen molar-refractivity contribution in [3.63, 3.8) is 0 Å². The van der Waals surface area contributed by atoms with Gasteiger partial charge in [0, 0.05) is 12.1 Å². The first-order chi connectivity index (χ1) is 14.0. The van der Waals surface area contributed by atoms with Gasteiger partial charge in [-0.2, -0.15) is 5.26 Å². The van der Waals surface area contributed by atoms with Crippen molar-refractivity contribution in [2.45, 2.75) is 0 Å². The molecule has 3 aromatic heterocycles. The van der Waals surface area contributed by atoms with Crippen LogP contribution in [-0.4, -0.2) is 24.5 Å². The number of nitrogens with two attached hydrogens (primary N) is 1. The van der Waals surface area contributed by atoms with Crippen molar-refractivity contribution in [3.8, 4) is 11.8 Å². The van der Waals surface area contributed by atoms with E-state index in [9.17, 15) is 14.0 Å². The summed E-state index contributed by atoms with van der Waals surface area (Å²) in [7, 11) is 0. The molecule has 1 aromatic carbocycles. The summed E-state index contributed by atoms with van der Waals surface area (Å²) in [6.45, 7) is 3.94. The van der Waals surface area contributed by atoms with Gasteiger partial charge < -0.3 is 11.1 Å². The third-order valence-electron chi connectivity index (χ3n) is 4.09. The van der Waals surface area contributed by atoms with E-state index in [2.05, 4.69) is 31.8 Å². The largest absolute Gasteiger partial charge is 0.382 e. The third kappa shape index (κ3) is 3.21. The first kappa shape index (κ1) is 18.0. The Morgan fingerprint density at radius 2 is 2.00 bits per heavy atom. The maximum absolute atomic E-state index is 13.8. The molecule has 0 unspecified atom stereocenters. The van der Waals surface area contributed by atoms with Crippen LogP contribution in [0.15, 0.2) is 49.6 Å². The molecular formula is C19H12F2N8. The van der Waals surface area contributed by atoms with Gasteiger partial charge in [0.1, 0.15) is 35.4 Å². The lowest BCUT2D eigenvalue weighted by Gasteiger charge is -2.13. The molecule has 0 atom stereocenters. The molecule has 29 heavy (non-hydrogen) atoms. The molecule has 0 amide bonds. The molecule has 0 bridgehead atoms.